The molecule has 3 amide bonds. The van der Waals surface area contributed by atoms with Crippen LogP contribution < -0.4 is 16.0 Å². The van der Waals surface area contributed by atoms with Crippen LogP contribution in [0.25, 0.3) is 0 Å². The van der Waals surface area contributed by atoms with Crippen LogP contribution in [-0.2, 0) is 11.2 Å². The lowest BCUT2D eigenvalue weighted by atomic mass is 9.98. The van der Waals surface area contributed by atoms with Gasteiger partial charge in [0, 0.05) is 18.2 Å². The van der Waals surface area contributed by atoms with E-state index in [2.05, 4.69) is 21.1 Å². The van der Waals surface area contributed by atoms with E-state index < -0.39 is 0 Å². The Labute approximate surface area is 133 Å². The Kier molecular flexibility index (Phi) is 4.01. The van der Waals surface area contributed by atoms with Gasteiger partial charge in [0.1, 0.15) is 5.76 Å². The Morgan fingerprint density at radius 2 is 2.17 bits per heavy atom. The lowest BCUT2D eigenvalue weighted by Crippen LogP contribution is -2.31. The zero-order valence-corrected chi connectivity index (χ0v) is 13.0. The van der Waals surface area contributed by atoms with Gasteiger partial charge in [0.15, 0.2) is 5.82 Å². The van der Waals surface area contributed by atoms with Crippen LogP contribution >= 0.6 is 0 Å². The molecule has 0 unspecified atom stereocenters. The van der Waals surface area contributed by atoms with Gasteiger partial charge >= 0.3 is 6.03 Å². The number of aromatic nitrogens is 1. The van der Waals surface area contributed by atoms with E-state index in [1.807, 2.05) is 25.1 Å². The maximum absolute atomic E-state index is 12.0. The molecule has 1 aliphatic rings. The predicted octanol–water partition coefficient (Wildman–Crippen LogP) is 2.75. The van der Waals surface area contributed by atoms with Crippen LogP contribution in [0.2, 0.25) is 0 Å². The van der Waals surface area contributed by atoms with E-state index in [4.69, 9.17) is 4.52 Å². The van der Waals surface area contributed by atoms with Crippen molar-refractivity contribution in [2.75, 3.05) is 10.6 Å². The van der Waals surface area contributed by atoms with Crippen molar-refractivity contribution in [1.29, 1.82) is 0 Å². The zero-order chi connectivity index (χ0) is 16.4. The molecule has 3 rings (SSSR count). The van der Waals surface area contributed by atoms with Gasteiger partial charge in [0.25, 0.3) is 0 Å². The smallest absolute Gasteiger partial charge is 0.320 e. The molecule has 0 saturated heterocycles. The van der Waals surface area contributed by atoms with Gasteiger partial charge in [-0.15, -0.1) is 0 Å². The summed E-state index contributed by atoms with van der Waals surface area (Å²) >= 11 is 0. The molecule has 7 nitrogen and oxygen atoms in total. The van der Waals surface area contributed by atoms with E-state index in [1.165, 1.54) is 0 Å². The Bertz CT molecular complexity index is 754. The molecule has 23 heavy (non-hydrogen) atoms. The molecule has 1 aromatic heterocycles. The molecule has 7 heteroatoms. The van der Waals surface area contributed by atoms with Gasteiger partial charge in [-0.1, -0.05) is 17.3 Å². The second-order valence-electron chi connectivity index (χ2n) is 5.61. The second kappa shape index (κ2) is 6.12. The number of hydrogen-bond donors (Lipinski definition) is 3. The van der Waals surface area contributed by atoms with E-state index in [0.717, 1.165) is 16.8 Å². The molecule has 2 heterocycles. The summed E-state index contributed by atoms with van der Waals surface area (Å²) in [4.78, 5) is 23.4. The van der Waals surface area contributed by atoms with Crippen LogP contribution in [0.5, 0.6) is 0 Å². The van der Waals surface area contributed by atoms with E-state index in [-0.39, 0.29) is 18.0 Å². The maximum atomic E-state index is 12.0. The first-order valence-corrected chi connectivity index (χ1v) is 7.45. The number of nitrogens with zero attached hydrogens (tertiary/aromatic N) is 1. The van der Waals surface area contributed by atoms with Crippen molar-refractivity contribution in [1.82, 2.24) is 10.5 Å². The van der Waals surface area contributed by atoms with Crippen molar-refractivity contribution in [3.63, 3.8) is 0 Å². The molecule has 0 aliphatic carbocycles. The van der Waals surface area contributed by atoms with E-state index in [9.17, 15) is 9.59 Å². The van der Waals surface area contributed by atoms with Crippen LogP contribution in [0.3, 0.4) is 0 Å². The molecule has 1 atom stereocenters. The standard InChI is InChI=1S/C16H18N4O3/c1-9-7-14(20-23-9)19-16(22)17-10(2)11-3-5-13-12(8-11)4-6-15(21)18-13/h3,5,7-8,10H,4,6H2,1-2H3,(H,18,21)(H2,17,19,20,22)/t10-/m0/s1. The van der Waals surface area contributed by atoms with E-state index in [1.54, 1.807) is 13.0 Å². The number of benzene rings is 1. The van der Waals surface area contributed by atoms with E-state index >= 15 is 0 Å². The molecule has 1 aliphatic heterocycles. The van der Waals surface area contributed by atoms with Gasteiger partial charge in [-0.2, -0.15) is 0 Å². The summed E-state index contributed by atoms with van der Waals surface area (Å²) in [5.74, 6) is 1.05. The summed E-state index contributed by atoms with van der Waals surface area (Å²) in [5.41, 5.74) is 2.91. The number of fused-ring (bicyclic) bond motifs is 1. The number of carbonyl (C=O) groups excluding carboxylic acids is 2. The van der Waals surface area contributed by atoms with Crippen LogP contribution in [-0.4, -0.2) is 17.1 Å². The third-order valence-electron chi connectivity index (χ3n) is 3.74. The summed E-state index contributed by atoms with van der Waals surface area (Å²) in [7, 11) is 0. The minimum atomic E-state index is -0.350. The fraction of sp³-hybridized carbons (Fsp3) is 0.312. The molecule has 0 fully saturated rings. The number of amides is 3. The van der Waals surface area contributed by atoms with Crippen LogP contribution in [0.1, 0.15) is 36.3 Å². The summed E-state index contributed by atoms with van der Waals surface area (Å²) in [5, 5.41) is 12.0. The van der Waals surface area contributed by atoms with Crippen molar-refractivity contribution >= 4 is 23.4 Å². The minimum Gasteiger partial charge on any atom is -0.360 e. The molecule has 2 aromatic rings. The van der Waals surface area contributed by atoms with Crippen LogP contribution in [0.4, 0.5) is 16.3 Å². The largest absolute Gasteiger partial charge is 0.360 e. The Hall–Kier alpha value is -2.83. The van der Waals surface area contributed by atoms with Crippen molar-refractivity contribution in [2.45, 2.75) is 32.7 Å². The molecule has 1 aromatic carbocycles. The van der Waals surface area contributed by atoms with Crippen molar-refractivity contribution in [3.8, 4) is 0 Å². The first-order chi connectivity index (χ1) is 11.0. The fourth-order valence-corrected chi connectivity index (χ4v) is 2.53. The summed E-state index contributed by atoms with van der Waals surface area (Å²) in [6, 6.07) is 6.91. The van der Waals surface area contributed by atoms with Gasteiger partial charge in [-0.05, 0) is 37.5 Å². The molecule has 0 bridgehead atoms. The number of nitrogens with one attached hydrogen (secondary N) is 3. The monoisotopic (exact) mass is 314 g/mol. The molecular weight excluding hydrogens is 296 g/mol. The van der Waals surface area contributed by atoms with Gasteiger partial charge in [-0.3, -0.25) is 10.1 Å². The molecule has 3 N–H and O–H groups in total. The predicted molar refractivity (Wildman–Crippen MR) is 85.2 cm³/mol. The van der Waals surface area contributed by atoms with Crippen molar-refractivity contribution < 1.29 is 14.1 Å². The summed E-state index contributed by atoms with van der Waals surface area (Å²) in [6.45, 7) is 3.65. The molecule has 120 valence electrons. The highest BCUT2D eigenvalue weighted by Crippen LogP contribution is 2.26. The quantitative estimate of drug-likeness (QED) is 0.811. The van der Waals surface area contributed by atoms with Crippen LogP contribution in [0, 0.1) is 6.92 Å². The third-order valence-corrected chi connectivity index (χ3v) is 3.74. The average Bonchev–Trinajstić information content (AvgIpc) is 2.91. The van der Waals surface area contributed by atoms with Gasteiger partial charge in [0.2, 0.25) is 5.91 Å². The van der Waals surface area contributed by atoms with Crippen LogP contribution in [0.15, 0.2) is 28.8 Å². The number of aryl methyl sites for hydroxylation is 2. The lowest BCUT2D eigenvalue weighted by Gasteiger charge is -2.20. The summed E-state index contributed by atoms with van der Waals surface area (Å²) < 4.78 is 4.90. The van der Waals surface area contributed by atoms with Gasteiger partial charge in [-0.25, -0.2) is 4.79 Å². The highest BCUT2D eigenvalue weighted by atomic mass is 16.5. The zero-order valence-electron chi connectivity index (χ0n) is 13.0. The fourth-order valence-electron chi connectivity index (χ4n) is 2.53. The molecule has 0 radical (unpaired) electrons. The SMILES string of the molecule is Cc1cc(NC(=O)N[C@@H](C)c2ccc3c(c2)CCC(=O)N3)no1. The number of urea groups is 1. The van der Waals surface area contributed by atoms with Gasteiger partial charge in [0.05, 0.1) is 6.04 Å². The Morgan fingerprint density at radius 1 is 1.35 bits per heavy atom. The van der Waals surface area contributed by atoms with Gasteiger partial charge < -0.3 is 15.2 Å². The number of carbonyl (C=O) groups is 2. The number of rotatable bonds is 3. The Balaban J connectivity index is 1.65. The normalized spacial score (nSPS) is 14.6. The number of anilines is 2. The molecule has 0 saturated carbocycles. The average molecular weight is 314 g/mol. The summed E-state index contributed by atoms with van der Waals surface area (Å²) in [6.07, 6.45) is 1.20. The highest BCUT2D eigenvalue weighted by molar-refractivity contribution is 5.94. The van der Waals surface area contributed by atoms with Crippen molar-refractivity contribution in [2.24, 2.45) is 0 Å². The minimum absolute atomic E-state index is 0.0405. The maximum Gasteiger partial charge on any atom is 0.320 e. The van der Waals surface area contributed by atoms with E-state index in [0.29, 0.717) is 24.4 Å². The Morgan fingerprint density at radius 3 is 2.91 bits per heavy atom. The molecular formula is C16H18N4O3. The first-order valence-electron chi connectivity index (χ1n) is 7.45. The third kappa shape index (κ3) is 3.50. The molecule has 0 spiro atoms. The lowest BCUT2D eigenvalue weighted by molar-refractivity contribution is -0.116. The first kappa shape index (κ1) is 15.1. The van der Waals surface area contributed by atoms with Crippen molar-refractivity contribution in [3.05, 3.63) is 41.2 Å². The highest BCUT2D eigenvalue weighted by Gasteiger charge is 2.17. The second-order valence-corrected chi connectivity index (χ2v) is 5.61. The number of hydrogen-bond acceptors (Lipinski definition) is 4. The topological polar surface area (TPSA) is 96.3 Å².